The van der Waals surface area contributed by atoms with E-state index in [0.717, 1.165) is 17.7 Å². The van der Waals surface area contributed by atoms with Crippen molar-refractivity contribution in [3.05, 3.63) is 48.0 Å². The molecule has 0 fully saturated rings. The van der Waals surface area contributed by atoms with E-state index in [4.69, 9.17) is 15.2 Å². The van der Waals surface area contributed by atoms with E-state index in [9.17, 15) is 8.78 Å². The number of ether oxygens (including phenoxy) is 3. The lowest BCUT2D eigenvalue weighted by Gasteiger charge is -2.11. The highest BCUT2D eigenvalue weighted by molar-refractivity contribution is 14.0. The van der Waals surface area contributed by atoms with Crippen LogP contribution in [0.1, 0.15) is 12.0 Å². The number of aliphatic imine (C=N–C) groups is 1. The fourth-order valence-corrected chi connectivity index (χ4v) is 2.38. The van der Waals surface area contributed by atoms with Gasteiger partial charge in [-0.2, -0.15) is 8.78 Å². The van der Waals surface area contributed by atoms with Crippen LogP contribution in [0.4, 0.5) is 14.5 Å². The average Bonchev–Trinajstić information content (AvgIpc) is 2.85. The molecule has 0 bridgehead atoms. The van der Waals surface area contributed by atoms with Crippen molar-refractivity contribution >= 4 is 35.6 Å². The Hall–Kier alpha value is -2.30. The fraction of sp³-hybridized carbons (Fsp3) is 0.278. The zero-order chi connectivity index (χ0) is 18.4. The summed E-state index contributed by atoms with van der Waals surface area (Å²) in [6.07, 6.45) is 0.835. The van der Waals surface area contributed by atoms with Gasteiger partial charge in [-0.05, 0) is 29.8 Å². The van der Waals surface area contributed by atoms with Crippen LogP contribution in [0.15, 0.2) is 47.5 Å². The molecular weight excluding hydrogens is 471 g/mol. The molecule has 0 aromatic heterocycles. The lowest BCUT2D eigenvalue weighted by molar-refractivity contribution is -0.0498. The first-order valence-corrected chi connectivity index (χ1v) is 8.10. The van der Waals surface area contributed by atoms with Crippen molar-refractivity contribution in [1.82, 2.24) is 0 Å². The molecule has 0 amide bonds. The summed E-state index contributed by atoms with van der Waals surface area (Å²) in [6, 6.07) is 11.7. The average molecular weight is 491 g/mol. The number of hydrogen-bond donors (Lipinski definition) is 2. The first-order valence-electron chi connectivity index (χ1n) is 8.10. The van der Waals surface area contributed by atoms with E-state index >= 15 is 0 Å². The summed E-state index contributed by atoms with van der Waals surface area (Å²) in [4.78, 5) is 4.23. The summed E-state index contributed by atoms with van der Waals surface area (Å²) in [6.45, 7) is -1.30. The molecule has 1 heterocycles. The Bertz CT molecular complexity index is 773. The van der Waals surface area contributed by atoms with Gasteiger partial charge in [0, 0.05) is 18.2 Å². The number of rotatable bonds is 5. The van der Waals surface area contributed by atoms with Gasteiger partial charge in [0.25, 0.3) is 0 Å². The highest BCUT2D eigenvalue weighted by atomic mass is 127. The summed E-state index contributed by atoms with van der Waals surface area (Å²) in [5.41, 5.74) is 7.45. The molecular formula is C18H20F2IN3O3. The van der Waals surface area contributed by atoms with Crippen LogP contribution in [0.2, 0.25) is 0 Å². The molecule has 146 valence electrons. The summed E-state index contributed by atoms with van der Waals surface area (Å²) in [7, 11) is 0. The zero-order valence-corrected chi connectivity index (χ0v) is 16.7. The van der Waals surface area contributed by atoms with Gasteiger partial charge in [-0.1, -0.05) is 12.1 Å². The minimum Gasteiger partial charge on any atom is -0.490 e. The van der Waals surface area contributed by atoms with Gasteiger partial charge in [0.2, 0.25) is 0 Å². The molecule has 0 aliphatic carbocycles. The molecule has 0 unspecified atom stereocenters. The van der Waals surface area contributed by atoms with E-state index < -0.39 is 6.61 Å². The Morgan fingerprint density at radius 3 is 2.52 bits per heavy atom. The van der Waals surface area contributed by atoms with Crippen molar-refractivity contribution in [1.29, 1.82) is 0 Å². The van der Waals surface area contributed by atoms with E-state index in [1.807, 2.05) is 12.1 Å². The Balaban J connectivity index is 0.00000261. The van der Waals surface area contributed by atoms with Gasteiger partial charge in [0.15, 0.2) is 17.5 Å². The number of guanidine groups is 1. The van der Waals surface area contributed by atoms with Gasteiger partial charge >= 0.3 is 6.61 Å². The lowest BCUT2D eigenvalue weighted by Crippen LogP contribution is -2.22. The van der Waals surface area contributed by atoms with Crippen LogP contribution in [-0.4, -0.2) is 25.8 Å². The molecule has 6 nitrogen and oxygen atoms in total. The molecule has 3 rings (SSSR count). The number of hydrogen-bond acceptors (Lipinski definition) is 4. The molecule has 1 aliphatic heterocycles. The van der Waals surface area contributed by atoms with Crippen molar-refractivity contribution in [2.24, 2.45) is 10.7 Å². The standard InChI is InChI=1S/C18H19F2N3O3.HI/c19-17(20)26-14-5-2-12(3-6-14)11-22-18(21)23-13-4-7-15-16(10-13)25-9-1-8-24-15;/h2-7,10,17H,1,8-9,11H2,(H3,21,22,23);1H. The molecule has 9 heteroatoms. The van der Waals surface area contributed by atoms with Crippen LogP contribution in [0.25, 0.3) is 0 Å². The maximum atomic E-state index is 12.1. The maximum absolute atomic E-state index is 12.1. The largest absolute Gasteiger partial charge is 0.490 e. The zero-order valence-electron chi connectivity index (χ0n) is 14.4. The van der Waals surface area contributed by atoms with Crippen LogP contribution >= 0.6 is 24.0 Å². The van der Waals surface area contributed by atoms with E-state index in [1.54, 1.807) is 18.2 Å². The highest BCUT2D eigenvalue weighted by Gasteiger charge is 2.11. The minimum atomic E-state index is -2.84. The van der Waals surface area contributed by atoms with Gasteiger partial charge in [-0.3, -0.25) is 0 Å². The van der Waals surface area contributed by atoms with Gasteiger partial charge in [-0.25, -0.2) is 4.99 Å². The SMILES string of the molecule is I.NC(=NCc1ccc(OC(F)F)cc1)Nc1ccc2c(c1)OCCCO2. The van der Waals surface area contributed by atoms with Gasteiger partial charge in [0.05, 0.1) is 19.8 Å². The smallest absolute Gasteiger partial charge is 0.387 e. The second-order valence-corrected chi connectivity index (χ2v) is 5.56. The van der Waals surface area contributed by atoms with E-state index in [0.29, 0.717) is 31.3 Å². The normalized spacial score (nSPS) is 13.5. The fourth-order valence-electron chi connectivity index (χ4n) is 2.38. The topological polar surface area (TPSA) is 78.1 Å². The van der Waals surface area contributed by atoms with Gasteiger partial charge in [-0.15, -0.1) is 24.0 Å². The Labute approximate surface area is 172 Å². The van der Waals surface area contributed by atoms with Crippen molar-refractivity contribution in [2.45, 2.75) is 19.6 Å². The first kappa shape index (κ1) is 21.0. The van der Waals surface area contributed by atoms with Crippen LogP contribution in [0.5, 0.6) is 17.2 Å². The van der Waals surface area contributed by atoms with Gasteiger partial charge in [0.1, 0.15) is 5.75 Å². The predicted molar refractivity (Wildman–Crippen MR) is 109 cm³/mol. The second kappa shape index (κ2) is 10.1. The number of nitrogens with one attached hydrogen (secondary N) is 1. The number of benzene rings is 2. The van der Waals surface area contributed by atoms with E-state index in [1.165, 1.54) is 12.1 Å². The monoisotopic (exact) mass is 491 g/mol. The summed E-state index contributed by atoms with van der Waals surface area (Å²) in [5, 5.41) is 2.99. The van der Waals surface area contributed by atoms with E-state index in [2.05, 4.69) is 15.0 Å². The van der Waals surface area contributed by atoms with Crippen molar-refractivity contribution in [2.75, 3.05) is 18.5 Å². The molecule has 0 saturated heterocycles. The highest BCUT2D eigenvalue weighted by Crippen LogP contribution is 2.32. The molecule has 0 radical (unpaired) electrons. The number of alkyl halides is 2. The molecule has 27 heavy (non-hydrogen) atoms. The quantitative estimate of drug-likeness (QED) is 0.376. The van der Waals surface area contributed by atoms with E-state index in [-0.39, 0.29) is 35.7 Å². The van der Waals surface area contributed by atoms with Crippen LogP contribution in [0.3, 0.4) is 0 Å². The minimum absolute atomic E-state index is 0. The molecule has 0 spiro atoms. The summed E-state index contributed by atoms with van der Waals surface area (Å²) >= 11 is 0. The van der Waals surface area contributed by atoms with Crippen molar-refractivity contribution < 1.29 is 23.0 Å². The number of fused-ring (bicyclic) bond motifs is 1. The third-order valence-corrected chi connectivity index (χ3v) is 3.60. The summed E-state index contributed by atoms with van der Waals surface area (Å²) in [5.74, 6) is 1.70. The third kappa shape index (κ3) is 6.42. The van der Waals surface area contributed by atoms with Crippen molar-refractivity contribution in [3.63, 3.8) is 0 Å². The first-order chi connectivity index (χ1) is 12.6. The van der Waals surface area contributed by atoms with Crippen LogP contribution < -0.4 is 25.3 Å². The lowest BCUT2D eigenvalue weighted by atomic mass is 10.2. The molecule has 2 aromatic rings. The van der Waals surface area contributed by atoms with Gasteiger partial charge < -0.3 is 25.3 Å². The predicted octanol–water partition coefficient (Wildman–Crippen LogP) is 3.99. The Morgan fingerprint density at radius 1 is 1.11 bits per heavy atom. The molecule has 2 aromatic carbocycles. The Kier molecular flexibility index (Phi) is 7.89. The number of halogens is 3. The third-order valence-electron chi connectivity index (χ3n) is 3.60. The van der Waals surface area contributed by atoms with Crippen LogP contribution in [-0.2, 0) is 6.54 Å². The molecule has 0 saturated carbocycles. The number of anilines is 1. The Morgan fingerprint density at radius 2 is 1.81 bits per heavy atom. The van der Waals surface area contributed by atoms with Crippen molar-refractivity contribution in [3.8, 4) is 17.2 Å². The second-order valence-electron chi connectivity index (χ2n) is 5.56. The number of nitrogens with zero attached hydrogens (tertiary/aromatic N) is 1. The molecule has 3 N–H and O–H groups in total. The van der Waals surface area contributed by atoms with Crippen LogP contribution in [0, 0.1) is 0 Å². The summed E-state index contributed by atoms with van der Waals surface area (Å²) < 4.78 is 39.8. The number of nitrogens with two attached hydrogens (primary N) is 1. The maximum Gasteiger partial charge on any atom is 0.387 e. The molecule has 0 atom stereocenters. The molecule has 1 aliphatic rings.